The van der Waals surface area contributed by atoms with E-state index in [0.29, 0.717) is 12.8 Å². The number of hydrogen-bond donors (Lipinski definition) is 6. The quantitative estimate of drug-likeness (QED) is 0.0195. The third-order valence-corrected chi connectivity index (χ3v) is 18.2. The van der Waals surface area contributed by atoms with Gasteiger partial charge < -0.3 is 45.1 Å². The first-order valence-corrected chi connectivity index (χ1v) is 39.5. The third-order valence-electron chi connectivity index (χ3n) is 18.2. The molecule has 1 rings (SSSR count). The Morgan fingerprint density at radius 1 is 0.426 bits per heavy atom. The molecule has 94 heavy (non-hydrogen) atoms. The van der Waals surface area contributed by atoms with Crippen LogP contribution in [0.3, 0.4) is 0 Å². The maximum absolute atomic E-state index is 13.5. The smallest absolute Gasteiger partial charge is 0.306 e. The van der Waals surface area contributed by atoms with E-state index >= 15 is 0 Å². The highest BCUT2D eigenvalue weighted by Gasteiger charge is 2.47. The molecule has 1 fully saturated rings. The largest absolute Gasteiger partial charge is 0.454 e. The van der Waals surface area contributed by atoms with Crippen LogP contribution in [0.1, 0.15) is 355 Å². The van der Waals surface area contributed by atoms with Gasteiger partial charge in [0.1, 0.15) is 24.4 Å². The Bertz CT molecular complexity index is 1910. The summed E-state index contributed by atoms with van der Waals surface area (Å²) in [6.45, 7) is 5.70. The standard InChI is InChI=1S/C83H147NO10/c1-4-7-10-13-16-19-22-25-27-29-31-33-35-37-39-41-43-45-47-49-51-53-56-59-62-65-68-71-78(88)94-81-80(90)79(89)77(72-85)93-83(81)92-73-74(75(86)69-66-63-60-57-54-24-21-18-15-12-9-6-3)84-82(91)76(87)70-67-64-61-58-55-52-50-48-46-44-42-40-38-36-34-32-30-28-26-23-20-17-14-11-8-5-2/h8,11,16-17,19-20,25-28,32,34,38,40,66,69,74-77,79-81,83,85-87,89-90H,4-7,9-10,12-15,18,21-24,29-31,33,35-37,39,41-65,67-68,70-73H2,1-3H3,(H,84,91)/b11-8-,19-16-,20-17-,27-25-,28-26-,34-32-,40-38-,69-66+. The molecule has 0 bridgehead atoms. The number of ether oxygens (including phenoxy) is 3. The molecule has 0 aromatic rings. The summed E-state index contributed by atoms with van der Waals surface area (Å²) in [7, 11) is 0. The maximum Gasteiger partial charge on any atom is 0.306 e. The molecule has 8 unspecified atom stereocenters. The topological polar surface area (TPSA) is 175 Å². The lowest BCUT2D eigenvalue weighted by molar-refractivity contribution is -0.305. The Balaban J connectivity index is 2.50. The van der Waals surface area contributed by atoms with Crippen LogP contribution in [0.15, 0.2) is 97.2 Å². The van der Waals surface area contributed by atoms with E-state index < -0.39 is 67.4 Å². The Morgan fingerprint density at radius 3 is 1.17 bits per heavy atom. The molecule has 0 aliphatic carbocycles. The average molecular weight is 1320 g/mol. The minimum Gasteiger partial charge on any atom is -0.454 e. The molecule has 0 saturated carbocycles. The Hall–Kier alpha value is -3.42. The average Bonchev–Trinajstić information content (AvgIpc) is 0.828. The van der Waals surface area contributed by atoms with Crippen molar-refractivity contribution < 1.29 is 49.3 Å². The van der Waals surface area contributed by atoms with Gasteiger partial charge in [0, 0.05) is 6.42 Å². The highest BCUT2D eigenvalue weighted by atomic mass is 16.7. The van der Waals surface area contributed by atoms with E-state index in [4.69, 9.17) is 14.2 Å². The monoisotopic (exact) mass is 1320 g/mol. The summed E-state index contributed by atoms with van der Waals surface area (Å²) in [6.07, 6.45) is 84.6. The summed E-state index contributed by atoms with van der Waals surface area (Å²) < 4.78 is 17.8. The van der Waals surface area contributed by atoms with Gasteiger partial charge in [-0.1, -0.05) is 343 Å². The summed E-state index contributed by atoms with van der Waals surface area (Å²) in [4.78, 5) is 26.8. The maximum atomic E-state index is 13.5. The van der Waals surface area contributed by atoms with Gasteiger partial charge in [-0.25, -0.2) is 0 Å². The first kappa shape index (κ1) is 88.6. The van der Waals surface area contributed by atoms with Gasteiger partial charge in [0.2, 0.25) is 5.91 Å². The first-order chi connectivity index (χ1) is 46.2. The summed E-state index contributed by atoms with van der Waals surface area (Å²) in [5.74, 6) is -1.19. The number of esters is 1. The number of amides is 1. The van der Waals surface area contributed by atoms with Gasteiger partial charge in [-0.2, -0.15) is 0 Å². The molecule has 11 nitrogen and oxygen atoms in total. The molecule has 8 atom stereocenters. The van der Waals surface area contributed by atoms with E-state index in [2.05, 4.69) is 111 Å². The second kappa shape index (κ2) is 69.5. The van der Waals surface area contributed by atoms with Crippen LogP contribution in [0.25, 0.3) is 0 Å². The van der Waals surface area contributed by atoms with Crippen molar-refractivity contribution in [2.75, 3.05) is 13.2 Å². The minimum atomic E-state index is -1.62. The van der Waals surface area contributed by atoms with Crippen LogP contribution in [0.5, 0.6) is 0 Å². The van der Waals surface area contributed by atoms with Crippen molar-refractivity contribution in [3.05, 3.63) is 97.2 Å². The number of allylic oxidation sites excluding steroid dienone is 15. The number of hydrogen-bond acceptors (Lipinski definition) is 10. The predicted molar refractivity (Wildman–Crippen MR) is 398 cm³/mol. The van der Waals surface area contributed by atoms with Gasteiger partial charge >= 0.3 is 5.97 Å². The van der Waals surface area contributed by atoms with E-state index in [1.807, 2.05) is 6.08 Å². The number of rotatable bonds is 68. The SMILES string of the molecule is CC/C=C\C/C=C\C/C=C\C/C=C\C/C=C\CCCCCCCCCCCCC(O)C(=O)NC(COC1OC(CO)C(O)C(O)C1OC(=O)CCCCCCCCCCCCCCCCCCC/C=C\C/C=C\CCCCC)C(O)/C=C/CCCCCCCCCCCC. The first-order valence-electron chi connectivity index (χ1n) is 39.5. The predicted octanol–water partition coefficient (Wildman–Crippen LogP) is 21.4. The van der Waals surface area contributed by atoms with Gasteiger partial charge in [0.15, 0.2) is 12.4 Å². The van der Waals surface area contributed by atoms with E-state index in [1.54, 1.807) is 6.08 Å². The lowest BCUT2D eigenvalue weighted by Crippen LogP contribution is -2.61. The lowest BCUT2D eigenvalue weighted by Gasteiger charge is -2.41. The molecule has 11 heteroatoms. The molecule has 544 valence electrons. The zero-order valence-corrected chi connectivity index (χ0v) is 60.8. The fourth-order valence-corrected chi connectivity index (χ4v) is 12.1. The molecule has 1 aliphatic rings. The molecule has 0 aromatic heterocycles. The highest BCUT2D eigenvalue weighted by molar-refractivity contribution is 5.80. The lowest BCUT2D eigenvalue weighted by atomic mass is 9.99. The molecular formula is C83H147NO10. The number of nitrogens with one attached hydrogen (secondary N) is 1. The molecular weight excluding hydrogens is 1170 g/mol. The van der Waals surface area contributed by atoms with Gasteiger partial charge in [0.05, 0.1) is 25.4 Å². The van der Waals surface area contributed by atoms with Crippen molar-refractivity contribution in [3.8, 4) is 0 Å². The van der Waals surface area contributed by atoms with Crippen LogP contribution in [-0.2, 0) is 23.8 Å². The van der Waals surface area contributed by atoms with Crippen LogP contribution < -0.4 is 5.32 Å². The van der Waals surface area contributed by atoms with E-state index in [0.717, 1.165) is 103 Å². The summed E-state index contributed by atoms with van der Waals surface area (Å²) in [5.41, 5.74) is 0. The number of aliphatic hydroxyl groups is 5. The van der Waals surface area contributed by atoms with Crippen molar-refractivity contribution in [1.29, 1.82) is 0 Å². The van der Waals surface area contributed by atoms with E-state index in [9.17, 15) is 35.1 Å². The second-order valence-electron chi connectivity index (χ2n) is 27.1. The molecule has 0 spiro atoms. The minimum absolute atomic E-state index is 0.123. The Morgan fingerprint density at radius 2 is 0.766 bits per heavy atom. The van der Waals surface area contributed by atoms with E-state index in [-0.39, 0.29) is 19.4 Å². The number of carbonyl (C=O) groups is 2. The van der Waals surface area contributed by atoms with Gasteiger partial charge in [-0.05, 0) is 103 Å². The van der Waals surface area contributed by atoms with Crippen molar-refractivity contribution >= 4 is 11.9 Å². The molecule has 6 N–H and O–H groups in total. The zero-order valence-electron chi connectivity index (χ0n) is 60.8. The number of unbranched alkanes of at least 4 members (excludes halogenated alkanes) is 40. The molecule has 1 aliphatic heterocycles. The fourth-order valence-electron chi connectivity index (χ4n) is 12.1. The number of carbonyl (C=O) groups excluding carboxylic acids is 2. The van der Waals surface area contributed by atoms with Crippen molar-refractivity contribution in [2.45, 2.75) is 404 Å². The van der Waals surface area contributed by atoms with Crippen LogP contribution in [-0.4, -0.2) is 99.6 Å². The highest BCUT2D eigenvalue weighted by Crippen LogP contribution is 2.27. The molecule has 0 aromatic carbocycles. The third kappa shape index (κ3) is 55.6. The van der Waals surface area contributed by atoms with Crippen LogP contribution >= 0.6 is 0 Å². The van der Waals surface area contributed by atoms with Crippen LogP contribution in [0.2, 0.25) is 0 Å². The van der Waals surface area contributed by atoms with E-state index in [1.165, 1.54) is 205 Å². The molecule has 1 heterocycles. The Labute approximate surface area is 577 Å². The van der Waals surface area contributed by atoms with Crippen LogP contribution in [0, 0.1) is 0 Å². The Kier molecular flexibility index (Phi) is 65.5. The zero-order chi connectivity index (χ0) is 68.1. The second-order valence-corrected chi connectivity index (χ2v) is 27.1. The van der Waals surface area contributed by atoms with Gasteiger partial charge in [0.25, 0.3) is 0 Å². The van der Waals surface area contributed by atoms with Crippen molar-refractivity contribution in [3.63, 3.8) is 0 Å². The normalized spacial score (nSPS) is 18.3. The summed E-state index contributed by atoms with van der Waals surface area (Å²) in [6, 6.07) is -1.03. The summed E-state index contributed by atoms with van der Waals surface area (Å²) in [5, 5.41) is 57.4. The fraction of sp³-hybridized carbons (Fsp3) is 0.783. The van der Waals surface area contributed by atoms with Crippen molar-refractivity contribution in [2.24, 2.45) is 0 Å². The van der Waals surface area contributed by atoms with Gasteiger partial charge in [-0.15, -0.1) is 0 Å². The van der Waals surface area contributed by atoms with Crippen LogP contribution in [0.4, 0.5) is 0 Å². The summed E-state index contributed by atoms with van der Waals surface area (Å²) >= 11 is 0. The number of aliphatic hydroxyl groups excluding tert-OH is 5. The molecule has 1 saturated heterocycles. The molecule has 0 radical (unpaired) electrons. The van der Waals surface area contributed by atoms with Gasteiger partial charge in [-0.3, -0.25) is 9.59 Å². The molecule has 1 amide bonds. The van der Waals surface area contributed by atoms with Crippen molar-refractivity contribution in [1.82, 2.24) is 5.32 Å².